The Balaban J connectivity index is 1.85. The quantitative estimate of drug-likeness (QED) is 0.782. The third-order valence-electron chi connectivity index (χ3n) is 2.82. The topological polar surface area (TPSA) is 27.1 Å². The Labute approximate surface area is 94.7 Å². The maximum atomic E-state index is 5.84. The molecule has 1 aromatic carbocycles. The Morgan fingerprint density at radius 1 is 1.31 bits per heavy atom. The minimum Gasteiger partial charge on any atom is -0.491 e. The largest absolute Gasteiger partial charge is 0.491 e. The Morgan fingerprint density at radius 2 is 2.19 bits per heavy atom. The fourth-order valence-corrected chi connectivity index (χ4v) is 1.69. The molecule has 3 nitrogen and oxygen atoms in total. The fourth-order valence-electron chi connectivity index (χ4n) is 1.69. The smallest absolute Gasteiger partial charge is 0.143 e. The predicted molar refractivity (Wildman–Crippen MR) is 61.8 cm³/mol. The number of rotatable bonds is 4. The van der Waals surface area contributed by atoms with Crippen LogP contribution in [0, 0.1) is 5.92 Å². The molecule has 16 heavy (non-hydrogen) atoms. The van der Waals surface area contributed by atoms with Crippen LogP contribution in [0.5, 0.6) is 5.75 Å². The molecule has 0 aliphatic heterocycles. The van der Waals surface area contributed by atoms with Crippen molar-refractivity contribution in [1.29, 1.82) is 0 Å². The summed E-state index contributed by atoms with van der Waals surface area (Å²) in [6.07, 6.45) is 8.12. The molecule has 0 amide bonds. The lowest BCUT2D eigenvalue weighted by Gasteiger charge is -2.11. The lowest BCUT2D eigenvalue weighted by molar-refractivity contribution is 0.299. The summed E-state index contributed by atoms with van der Waals surface area (Å²) in [7, 11) is 0. The zero-order chi connectivity index (χ0) is 10.8. The van der Waals surface area contributed by atoms with E-state index in [9.17, 15) is 0 Å². The summed E-state index contributed by atoms with van der Waals surface area (Å²) in [6, 6.07) is 8.07. The fraction of sp³-hybridized carbons (Fsp3) is 0.308. The number of hydrogen-bond acceptors (Lipinski definition) is 2. The molecule has 1 saturated carbocycles. The first-order chi connectivity index (χ1) is 7.93. The van der Waals surface area contributed by atoms with Crippen molar-refractivity contribution in [3.63, 3.8) is 0 Å². The SMILES string of the molecule is c1ccc(-n2ccnc2)c(OCC2CC2)c1. The second-order valence-corrected chi connectivity index (χ2v) is 4.19. The van der Waals surface area contributed by atoms with Gasteiger partial charge in [0.1, 0.15) is 5.75 Å². The molecule has 82 valence electrons. The third-order valence-corrected chi connectivity index (χ3v) is 2.82. The predicted octanol–water partition coefficient (Wildman–Crippen LogP) is 2.66. The molecule has 0 saturated heterocycles. The number of hydrogen-bond donors (Lipinski definition) is 0. The lowest BCUT2D eigenvalue weighted by atomic mass is 10.3. The van der Waals surface area contributed by atoms with Crippen molar-refractivity contribution in [2.24, 2.45) is 5.92 Å². The highest BCUT2D eigenvalue weighted by Gasteiger charge is 2.22. The lowest BCUT2D eigenvalue weighted by Crippen LogP contribution is -2.02. The van der Waals surface area contributed by atoms with Crippen LogP contribution in [0.25, 0.3) is 5.69 Å². The second kappa shape index (κ2) is 4.00. The van der Waals surface area contributed by atoms with E-state index < -0.39 is 0 Å². The van der Waals surface area contributed by atoms with E-state index in [4.69, 9.17) is 4.74 Å². The van der Waals surface area contributed by atoms with Crippen molar-refractivity contribution in [2.45, 2.75) is 12.8 Å². The molecule has 1 aliphatic rings. The average Bonchev–Trinajstić information content (AvgIpc) is 3.00. The first-order valence-electron chi connectivity index (χ1n) is 5.63. The van der Waals surface area contributed by atoms with Gasteiger partial charge in [-0.25, -0.2) is 4.98 Å². The molecule has 1 aromatic heterocycles. The zero-order valence-corrected chi connectivity index (χ0v) is 9.04. The highest BCUT2D eigenvalue weighted by molar-refractivity contribution is 5.46. The average molecular weight is 214 g/mol. The van der Waals surface area contributed by atoms with Crippen LogP contribution in [0.3, 0.4) is 0 Å². The molecular formula is C13H14N2O. The normalized spacial score (nSPS) is 15.0. The maximum Gasteiger partial charge on any atom is 0.143 e. The summed E-state index contributed by atoms with van der Waals surface area (Å²) >= 11 is 0. The van der Waals surface area contributed by atoms with Crippen LogP contribution >= 0.6 is 0 Å². The van der Waals surface area contributed by atoms with Gasteiger partial charge in [0.15, 0.2) is 0 Å². The first-order valence-corrected chi connectivity index (χ1v) is 5.63. The molecule has 2 aromatic rings. The Morgan fingerprint density at radius 3 is 2.94 bits per heavy atom. The summed E-state index contributed by atoms with van der Waals surface area (Å²) in [5, 5.41) is 0. The Hall–Kier alpha value is -1.77. The van der Waals surface area contributed by atoms with Crippen molar-refractivity contribution in [3.05, 3.63) is 43.0 Å². The summed E-state index contributed by atoms with van der Waals surface area (Å²) in [6.45, 7) is 0.839. The monoisotopic (exact) mass is 214 g/mol. The van der Waals surface area contributed by atoms with Gasteiger partial charge in [0.2, 0.25) is 0 Å². The second-order valence-electron chi connectivity index (χ2n) is 4.19. The van der Waals surface area contributed by atoms with Gasteiger partial charge >= 0.3 is 0 Å². The van der Waals surface area contributed by atoms with Crippen LogP contribution in [0.1, 0.15) is 12.8 Å². The van der Waals surface area contributed by atoms with Crippen LogP contribution in [0.4, 0.5) is 0 Å². The van der Waals surface area contributed by atoms with E-state index in [0.29, 0.717) is 0 Å². The van der Waals surface area contributed by atoms with Gasteiger partial charge in [-0.15, -0.1) is 0 Å². The third kappa shape index (κ3) is 1.94. The van der Waals surface area contributed by atoms with Gasteiger partial charge in [0.25, 0.3) is 0 Å². The number of aromatic nitrogens is 2. The molecule has 0 spiro atoms. The van der Waals surface area contributed by atoms with Crippen molar-refractivity contribution in [1.82, 2.24) is 9.55 Å². The summed E-state index contributed by atoms with van der Waals surface area (Å²) in [4.78, 5) is 4.05. The molecular weight excluding hydrogens is 200 g/mol. The highest BCUT2D eigenvalue weighted by atomic mass is 16.5. The van der Waals surface area contributed by atoms with Crippen molar-refractivity contribution >= 4 is 0 Å². The van der Waals surface area contributed by atoms with Gasteiger partial charge in [-0.3, -0.25) is 0 Å². The molecule has 0 bridgehead atoms. The maximum absolute atomic E-state index is 5.84. The van der Waals surface area contributed by atoms with E-state index >= 15 is 0 Å². The molecule has 0 radical (unpaired) electrons. The summed E-state index contributed by atoms with van der Waals surface area (Å²) in [5.74, 6) is 1.71. The van der Waals surface area contributed by atoms with Crippen LogP contribution in [0.2, 0.25) is 0 Å². The van der Waals surface area contributed by atoms with Gasteiger partial charge in [-0.2, -0.15) is 0 Å². The number of ether oxygens (including phenoxy) is 1. The first kappa shape index (κ1) is 9.46. The van der Waals surface area contributed by atoms with Crippen LogP contribution < -0.4 is 4.74 Å². The van der Waals surface area contributed by atoms with E-state index in [0.717, 1.165) is 24.0 Å². The molecule has 3 rings (SSSR count). The molecule has 0 unspecified atom stereocenters. The van der Waals surface area contributed by atoms with Gasteiger partial charge in [-0.1, -0.05) is 12.1 Å². The van der Waals surface area contributed by atoms with Crippen LogP contribution in [0.15, 0.2) is 43.0 Å². The molecule has 0 N–H and O–H groups in total. The van der Waals surface area contributed by atoms with E-state index in [-0.39, 0.29) is 0 Å². The van der Waals surface area contributed by atoms with Crippen molar-refractivity contribution < 1.29 is 4.74 Å². The molecule has 1 heterocycles. The minimum absolute atomic E-state index is 0.774. The van der Waals surface area contributed by atoms with E-state index in [1.165, 1.54) is 12.8 Å². The number of nitrogens with zero attached hydrogens (tertiary/aromatic N) is 2. The summed E-state index contributed by atoms with van der Waals surface area (Å²) in [5.41, 5.74) is 1.06. The standard InChI is InChI=1S/C13H14N2O/c1-2-4-13(16-9-11-5-6-11)12(3-1)15-8-7-14-10-15/h1-4,7-8,10-11H,5-6,9H2. The van der Waals surface area contributed by atoms with Crippen LogP contribution in [-0.2, 0) is 0 Å². The van der Waals surface area contributed by atoms with Gasteiger partial charge in [-0.05, 0) is 30.9 Å². The zero-order valence-electron chi connectivity index (χ0n) is 9.04. The van der Waals surface area contributed by atoms with E-state index in [1.807, 2.05) is 35.0 Å². The van der Waals surface area contributed by atoms with Crippen molar-refractivity contribution in [2.75, 3.05) is 6.61 Å². The van der Waals surface area contributed by atoms with Gasteiger partial charge < -0.3 is 9.30 Å². The molecule has 0 atom stereocenters. The van der Waals surface area contributed by atoms with Gasteiger partial charge in [0, 0.05) is 12.4 Å². The minimum atomic E-state index is 0.774. The van der Waals surface area contributed by atoms with Crippen LogP contribution in [-0.4, -0.2) is 16.2 Å². The van der Waals surface area contributed by atoms with E-state index in [2.05, 4.69) is 4.98 Å². The van der Waals surface area contributed by atoms with Gasteiger partial charge in [0.05, 0.1) is 18.6 Å². The summed E-state index contributed by atoms with van der Waals surface area (Å²) < 4.78 is 7.81. The van der Waals surface area contributed by atoms with Crippen molar-refractivity contribution in [3.8, 4) is 11.4 Å². The molecule has 1 fully saturated rings. The van der Waals surface area contributed by atoms with E-state index in [1.54, 1.807) is 12.5 Å². The number of para-hydroxylation sites is 2. The Kier molecular flexibility index (Phi) is 2.37. The molecule has 1 aliphatic carbocycles. The number of imidazole rings is 1. The number of benzene rings is 1. The highest BCUT2D eigenvalue weighted by Crippen LogP contribution is 2.31. The molecule has 3 heteroatoms. The Bertz CT molecular complexity index is 461.